The van der Waals surface area contributed by atoms with Crippen LogP contribution in [0.5, 0.6) is 0 Å². The molecule has 1 aliphatic heterocycles. The van der Waals surface area contributed by atoms with Crippen molar-refractivity contribution >= 4 is 0 Å². The normalized spacial score (nSPS) is 32.6. The van der Waals surface area contributed by atoms with E-state index in [1.165, 1.54) is 31.5 Å². The maximum Gasteiger partial charge on any atom is 0.0951 e. The molecule has 0 spiro atoms. The van der Waals surface area contributed by atoms with Crippen LogP contribution in [0.1, 0.15) is 50.8 Å². The van der Waals surface area contributed by atoms with Gasteiger partial charge < -0.3 is 9.88 Å². The van der Waals surface area contributed by atoms with Gasteiger partial charge in [0.25, 0.3) is 0 Å². The second kappa shape index (κ2) is 3.59. The molecule has 1 N–H and O–H groups in total. The fourth-order valence-electron chi connectivity index (χ4n) is 2.91. The van der Waals surface area contributed by atoms with Crippen LogP contribution in [0.25, 0.3) is 0 Å². The molecule has 2 fully saturated rings. The first kappa shape index (κ1) is 10.3. The van der Waals surface area contributed by atoms with Crippen molar-refractivity contribution < 1.29 is 0 Å². The van der Waals surface area contributed by atoms with Crippen LogP contribution in [-0.2, 0) is 0 Å². The highest BCUT2D eigenvalue weighted by Crippen LogP contribution is 2.56. The summed E-state index contributed by atoms with van der Waals surface area (Å²) in [5, 5.41) is 3.49. The van der Waals surface area contributed by atoms with Gasteiger partial charge in [-0.2, -0.15) is 0 Å². The van der Waals surface area contributed by atoms with E-state index in [0.29, 0.717) is 17.4 Å². The van der Waals surface area contributed by atoms with Crippen LogP contribution in [0.2, 0.25) is 0 Å². The minimum Gasteiger partial charge on any atom is -0.331 e. The first-order chi connectivity index (χ1) is 7.68. The Hall–Kier alpha value is -0.830. The molecule has 1 saturated heterocycles. The van der Waals surface area contributed by atoms with E-state index in [0.717, 1.165) is 6.54 Å². The van der Waals surface area contributed by atoms with Crippen molar-refractivity contribution in [3.05, 3.63) is 18.2 Å². The molecule has 2 heterocycles. The largest absolute Gasteiger partial charge is 0.331 e. The second-order valence-corrected chi connectivity index (χ2v) is 5.98. The molecule has 3 heteroatoms. The van der Waals surface area contributed by atoms with Crippen molar-refractivity contribution in [1.82, 2.24) is 14.9 Å². The molecular weight excluding hydrogens is 198 g/mol. The topological polar surface area (TPSA) is 29.9 Å². The minimum absolute atomic E-state index is 0.484. The summed E-state index contributed by atoms with van der Waals surface area (Å²) >= 11 is 0. The number of nitrogens with one attached hydrogen (secondary N) is 1. The SMILES string of the molecule is CC1(C)CC1n1cncc1C1CCCNC1. The van der Waals surface area contributed by atoms with Crippen LogP contribution in [0.4, 0.5) is 0 Å². The second-order valence-electron chi connectivity index (χ2n) is 5.98. The molecule has 1 aromatic rings. The first-order valence-electron chi connectivity index (χ1n) is 6.41. The lowest BCUT2D eigenvalue weighted by molar-refractivity contribution is 0.431. The number of piperidine rings is 1. The molecular formula is C13H21N3. The molecule has 2 atom stereocenters. The highest BCUT2D eigenvalue weighted by Gasteiger charge is 2.47. The molecule has 2 aliphatic rings. The van der Waals surface area contributed by atoms with Crippen molar-refractivity contribution in [3.63, 3.8) is 0 Å². The van der Waals surface area contributed by atoms with Crippen molar-refractivity contribution in [2.24, 2.45) is 5.41 Å². The van der Waals surface area contributed by atoms with Gasteiger partial charge in [0.15, 0.2) is 0 Å². The fourth-order valence-corrected chi connectivity index (χ4v) is 2.91. The lowest BCUT2D eigenvalue weighted by Gasteiger charge is -2.24. The molecule has 16 heavy (non-hydrogen) atoms. The highest BCUT2D eigenvalue weighted by molar-refractivity contribution is 5.14. The van der Waals surface area contributed by atoms with Gasteiger partial charge in [-0.3, -0.25) is 0 Å². The maximum atomic E-state index is 4.36. The predicted molar refractivity (Wildman–Crippen MR) is 64.5 cm³/mol. The summed E-state index contributed by atoms with van der Waals surface area (Å²) in [6, 6.07) is 0.687. The molecule has 0 bridgehead atoms. The van der Waals surface area contributed by atoms with Gasteiger partial charge in [-0.1, -0.05) is 13.8 Å². The van der Waals surface area contributed by atoms with Gasteiger partial charge in [0, 0.05) is 30.4 Å². The molecule has 1 aliphatic carbocycles. The molecule has 0 aromatic carbocycles. The van der Waals surface area contributed by atoms with Gasteiger partial charge in [0.05, 0.1) is 6.33 Å². The van der Waals surface area contributed by atoms with Gasteiger partial charge in [-0.05, 0) is 31.2 Å². The Labute approximate surface area is 97.3 Å². The third-order valence-corrected chi connectivity index (χ3v) is 4.21. The number of hydrogen-bond acceptors (Lipinski definition) is 2. The maximum absolute atomic E-state index is 4.36. The van der Waals surface area contributed by atoms with Gasteiger partial charge in [-0.15, -0.1) is 0 Å². The smallest absolute Gasteiger partial charge is 0.0951 e. The summed E-state index contributed by atoms with van der Waals surface area (Å²) in [6.45, 7) is 7.00. The van der Waals surface area contributed by atoms with E-state index in [-0.39, 0.29) is 0 Å². The fraction of sp³-hybridized carbons (Fsp3) is 0.769. The minimum atomic E-state index is 0.484. The average molecular weight is 219 g/mol. The van der Waals surface area contributed by atoms with Crippen LogP contribution in [0, 0.1) is 5.41 Å². The Bertz CT molecular complexity index is 374. The molecule has 0 radical (unpaired) electrons. The lowest BCUT2D eigenvalue weighted by atomic mass is 9.96. The molecule has 0 amide bonds. The Morgan fingerprint density at radius 2 is 2.31 bits per heavy atom. The monoisotopic (exact) mass is 219 g/mol. The molecule has 3 rings (SSSR count). The standard InChI is InChI=1S/C13H21N3/c1-13(2)6-12(13)16-9-15-8-11(16)10-4-3-5-14-7-10/h8-10,12,14H,3-7H2,1-2H3. The molecule has 1 saturated carbocycles. The van der Waals surface area contributed by atoms with E-state index in [1.807, 2.05) is 6.33 Å². The Morgan fingerprint density at radius 3 is 2.94 bits per heavy atom. The summed E-state index contributed by atoms with van der Waals surface area (Å²) in [4.78, 5) is 4.36. The van der Waals surface area contributed by atoms with Crippen LogP contribution >= 0.6 is 0 Å². The average Bonchev–Trinajstić information content (AvgIpc) is 2.75. The van der Waals surface area contributed by atoms with E-state index in [2.05, 4.69) is 34.9 Å². The van der Waals surface area contributed by atoms with Gasteiger partial charge in [0.2, 0.25) is 0 Å². The van der Waals surface area contributed by atoms with Crippen molar-refractivity contribution in [2.75, 3.05) is 13.1 Å². The lowest BCUT2D eigenvalue weighted by Crippen LogP contribution is -2.29. The zero-order valence-electron chi connectivity index (χ0n) is 10.2. The summed E-state index contributed by atoms with van der Waals surface area (Å²) in [5.74, 6) is 0.674. The molecule has 3 nitrogen and oxygen atoms in total. The van der Waals surface area contributed by atoms with E-state index in [1.54, 1.807) is 0 Å². The van der Waals surface area contributed by atoms with Crippen molar-refractivity contribution in [3.8, 4) is 0 Å². The van der Waals surface area contributed by atoms with E-state index in [9.17, 15) is 0 Å². The van der Waals surface area contributed by atoms with Crippen LogP contribution in [0.3, 0.4) is 0 Å². The summed E-state index contributed by atoms with van der Waals surface area (Å²) in [7, 11) is 0. The van der Waals surface area contributed by atoms with Gasteiger partial charge in [0.1, 0.15) is 0 Å². The van der Waals surface area contributed by atoms with Crippen LogP contribution < -0.4 is 5.32 Å². The van der Waals surface area contributed by atoms with E-state index >= 15 is 0 Å². The summed E-state index contributed by atoms with van der Waals surface area (Å²) < 4.78 is 2.43. The van der Waals surface area contributed by atoms with Crippen LogP contribution in [0.15, 0.2) is 12.5 Å². The summed E-state index contributed by atoms with van der Waals surface area (Å²) in [6.07, 6.45) is 8.02. The van der Waals surface area contributed by atoms with Gasteiger partial charge >= 0.3 is 0 Å². The summed E-state index contributed by atoms with van der Waals surface area (Å²) in [5.41, 5.74) is 1.93. The number of aromatic nitrogens is 2. The third kappa shape index (κ3) is 1.67. The molecule has 88 valence electrons. The van der Waals surface area contributed by atoms with E-state index < -0.39 is 0 Å². The highest BCUT2D eigenvalue weighted by atomic mass is 15.1. The van der Waals surface area contributed by atoms with Crippen molar-refractivity contribution in [2.45, 2.75) is 45.1 Å². The first-order valence-corrected chi connectivity index (χ1v) is 6.41. The van der Waals surface area contributed by atoms with E-state index in [4.69, 9.17) is 0 Å². The molecule has 2 unspecified atom stereocenters. The zero-order valence-corrected chi connectivity index (χ0v) is 10.2. The Morgan fingerprint density at radius 1 is 1.50 bits per heavy atom. The third-order valence-electron chi connectivity index (χ3n) is 4.21. The number of hydrogen-bond donors (Lipinski definition) is 1. The molecule has 1 aromatic heterocycles. The Balaban J connectivity index is 1.82. The van der Waals surface area contributed by atoms with Crippen molar-refractivity contribution in [1.29, 1.82) is 0 Å². The van der Waals surface area contributed by atoms with Gasteiger partial charge in [-0.25, -0.2) is 4.98 Å². The quantitative estimate of drug-likeness (QED) is 0.827. The number of rotatable bonds is 2. The Kier molecular flexibility index (Phi) is 2.32. The number of imidazole rings is 1. The number of nitrogens with zero attached hydrogens (tertiary/aromatic N) is 2. The predicted octanol–water partition coefficient (Wildman–Crippen LogP) is 2.32. The zero-order chi connectivity index (χ0) is 11.2. The van der Waals surface area contributed by atoms with Crippen LogP contribution in [-0.4, -0.2) is 22.6 Å².